The number of hydrogen-bond acceptors (Lipinski definition) is 8. The Balaban J connectivity index is 1.59. The first-order valence-electron chi connectivity index (χ1n) is 34.6. The molecule has 2 aliphatic rings. The van der Waals surface area contributed by atoms with Crippen molar-refractivity contribution >= 4 is 0 Å². The first-order chi connectivity index (χ1) is 41.2. The van der Waals surface area contributed by atoms with Crippen molar-refractivity contribution in [2.45, 2.75) is 273 Å². The molecular formula is C78H122O8. The molecule has 4 aromatic rings. The van der Waals surface area contributed by atoms with E-state index in [1.54, 1.807) is 0 Å². The minimum absolute atomic E-state index is 0.143. The van der Waals surface area contributed by atoms with Crippen molar-refractivity contribution in [3.63, 3.8) is 0 Å². The summed E-state index contributed by atoms with van der Waals surface area (Å²) < 4.78 is 53.6. The van der Waals surface area contributed by atoms with Gasteiger partial charge in [-0.3, -0.25) is 0 Å². The summed E-state index contributed by atoms with van der Waals surface area (Å²) in [6.45, 7) is 38.6. The Morgan fingerprint density at radius 2 is 0.488 bits per heavy atom. The van der Waals surface area contributed by atoms with Gasteiger partial charge >= 0.3 is 0 Å². The highest BCUT2D eigenvalue weighted by Gasteiger charge is 2.30. The van der Waals surface area contributed by atoms with Gasteiger partial charge in [0.2, 0.25) is 0 Å². The Kier molecular flexibility index (Phi) is 29.7. The second kappa shape index (κ2) is 35.9. The van der Waals surface area contributed by atoms with E-state index in [4.69, 9.17) is 37.9 Å². The molecular weight excluding hydrogens is 1060 g/mol. The molecule has 0 spiro atoms. The minimum Gasteiger partial charge on any atom is -0.493 e. The minimum atomic E-state index is -0.147. The van der Waals surface area contributed by atoms with Gasteiger partial charge in [-0.05, 0) is 101 Å². The molecule has 0 amide bonds. The maximum absolute atomic E-state index is 7.37. The van der Waals surface area contributed by atoms with Crippen molar-refractivity contribution in [3.8, 4) is 23.0 Å². The van der Waals surface area contributed by atoms with Gasteiger partial charge < -0.3 is 37.9 Å². The van der Waals surface area contributed by atoms with Crippen LogP contribution in [0.1, 0.15) is 292 Å². The Hall–Kier alpha value is -4.08. The van der Waals surface area contributed by atoms with Crippen LogP contribution in [0, 0.1) is 0 Å². The molecule has 0 atom stereocenters. The van der Waals surface area contributed by atoms with Gasteiger partial charge in [-0.25, -0.2) is 0 Å². The van der Waals surface area contributed by atoms with Crippen molar-refractivity contribution in [2.24, 2.45) is 0 Å². The number of rotatable bonds is 24. The first-order valence-corrected chi connectivity index (χ1v) is 34.6. The Labute approximate surface area is 525 Å². The largest absolute Gasteiger partial charge is 0.493 e. The van der Waals surface area contributed by atoms with Gasteiger partial charge in [0.25, 0.3) is 0 Å². The summed E-state index contributed by atoms with van der Waals surface area (Å²) in [5.74, 6) is 3.83. The normalized spacial score (nSPS) is 15.5. The zero-order chi connectivity index (χ0) is 62.0. The number of ether oxygens (including phenoxy) is 8. The van der Waals surface area contributed by atoms with Gasteiger partial charge in [0.15, 0.2) is 0 Å². The third-order valence-corrected chi connectivity index (χ3v) is 17.5. The van der Waals surface area contributed by atoms with Gasteiger partial charge in [-0.15, -0.1) is 0 Å². The summed E-state index contributed by atoms with van der Waals surface area (Å²) in [7, 11) is 0. The summed E-state index contributed by atoms with van der Waals surface area (Å²) in [5.41, 5.74) is 14.0. The van der Waals surface area contributed by atoms with Crippen molar-refractivity contribution in [2.75, 3.05) is 79.3 Å². The highest BCUT2D eigenvalue weighted by Crippen LogP contribution is 2.45. The van der Waals surface area contributed by atoms with E-state index in [0.717, 1.165) is 70.9 Å². The molecule has 1 heterocycles. The second-order valence-electron chi connectivity index (χ2n) is 29.4. The van der Waals surface area contributed by atoms with Gasteiger partial charge in [0.05, 0.1) is 66.1 Å². The van der Waals surface area contributed by atoms with E-state index in [2.05, 4.69) is 145 Å². The summed E-state index contributed by atoms with van der Waals surface area (Å²) in [6.07, 6.45) is 28.0. The molecule has 8 heteroatoms. The lowest BCUT2D eigenvalue weighted by molar-refractivity contribution is -0.00706. The topological polar surface area (TPSA) is 73.8 Å². The quantitative estimate of drug-likeness (QED) is 0.0566. The van der Waals surface area contributed by atoms with E-state index in [9.17, 15) is 0 Å². The maximum Gasteiger partial charge on any atom is 0.126 e. The van der Waals surface area contributed by atoms with Crippen LogP contribution in [0.5, 0.6) is 23.0 Å². The summed E-state index contributed by atoms with van der Waals surface area (Å²) in [5, 5.41) is 0. The number of benzene rings is 4. The van der Waals surface area contributed by atoms with Gasteiger partial charge in [0, 0.05) is 25.7 Å². The summed E-state index contributed by atoms with van der Waals surface area (Å²) >= 11 is 0. The molecule has 1 aliphatic carbocycles. The van der Waals surface area contributed by atoms with E-state index in [1.807, 2.05) is 0 Å². The molecule has 0 fully saturated rings. The van der Waals surface area contributed by atoms with Crippen LogP contribution in [0.15, 0.2) is 48.5 Å². The molecule has 8 nitrogen and oxygen atoms in total. The van der Waals surface area contributed by atoms with Crippen molar-refractivity contribution < 1.29 is 37.9 Å². The highest BCUT2D eigenvalue weighted by atomic mass is 16.6. The van der Waals surface area contributed by atoms with Crippen molar-refractivity contribution in [1.82, 2.24) is 0 Å². The third-order valence-electron chi connectivity index (χ3n) is 17.5. The van der Waals surface area contributed by atoms with E-state index in [0.29, 0.717) is 105 Å². The van der Waals surface area contributed by atoms with Gasteiger partial charge in [-0.1, -0.05) is 261 Å². The molecule has 0 radical (unpaired) electrons. The predicted molar refractivity (Wildman–Crippen MR) is 361 cm³/mol. The average molecular weight is 1190 g/mol. The van der Waals surface area contributed by atoms with Crippen LogP contribution >= 0.6 is 0 Å². The van der Waals surface area contributed by atoms with Crippen LogP contribution in [0.4, 0.5) is 0 Å². The lowest BCUT2D eigenvalue weighted by atomic mass is 9.79. The molecule has 0 aromatic heterocycles. The van der Waals surface area contributed by atoms with Gasteiger partial charge in [0.1, 0.15) is 36.2 Å². The second-order valence-corrected chi connectivity index (χ2v) is 29.4. The Morgan fingerprint density at radius 1 is 0.279 bits per heavy atom. The van der Waals surface area contributed by atoms with Crippen molar-refractivity contribution in [3.05, 3.63) is 115 Å². The van der Waals surface area contributed by atoms with Crippen LogP contribution in [0.2, 0.25) is 0 Å². The van der Waals surface area contributed by atoms with E-state index in [1.165, 1.54) is 147 Å². The fourth-order valence-electron chi connectivity index (χ4n) is 12.1. The lowest BCUT2D eigenvalue weighted by Gasteiger charge is -2.29. The average Bonchev–Trinajstić information content (AvgIpc) is 0.852. The predicted octanol–water partition coefficient (Wildman–Crippen LogP) is 20.0. The van der Waals surface area contributed by atoms with Gasteiger partial charge in [-0.2, -0.15) is 0 Å². The maximum atomic E-state index is 7.37. The van der Waals surface area contributed by atoms with Crippen LogP contribution in [-0.2, 0) is 66.3 Å². The summed E-state index contributed by atoms with van der Waals surface area (Å²) in [6, 6.07) is 19.6. The van der Waals surface area contributed by atoms with Crippen LogP contribution < -0.4 is 18.9 Å². The molecule has 10 bridgehead atoms. The van der Waals surface area contributed by atoms with E-state index in [-0.39, 0.29) is 21.7 Å². The fourth-order valence-corrected chi connectivity index (χ4v) is 12.1. The fraction of sp³-hybridized carbons (Fsp3) is 0.692. The number of hydrogen-bond donors (Lipinski definition) is 0. The lowest BCUT2D eigenvalue weighted by Crippen LogP contribution is -2.18. The zero-order valence-electron chi connectivity index (χ0n) is 57.3. The molecule has 0 unspecified atom stereocenters. The molecule has 0 saturated heterocycles. The van der Waals surface area contributed by atoms with Crippen LogP contribution in [0.25, 0.3) is 0 Å². The summed E-state index contributed by atoms with van der Waals surface area (Å²) in [4.78, 5) is 0. The molecule has 1 aliphatic heterocycles. The molecule has 86 heavy (non-hydrogen) atoms. The van der Waals surface area contributed by atoms with Crippen LogP contribution in [-0.4, -0.2) is 79.3 Å². The number of fused-ring (bicyclic) bond motifs is 2. The van der Waals surface area contributed by atoms with E-state index < -0.39 is 0 Å². The highest BCUT2D eigenvalue weighted by molar-refractivity contribution is 5.60. The molecule has 4 aromatic carbocycles. The Bertz CT molecular complexity index is 2330. The van der Waals surface area contributed by atoms with Crippen LogP contribution in [0.3, 0.4) is 0 Å². The SMILES string of the molecule is CCCCCCCCCCCCOc1c2cc(C(C)(C)C)cc1Cc1cc(C(C)(C)C)cc3c1OCCOCCOCCOCCOCCOc1c(cc(C(C)(C)C)cc1Cc1cc(C(C)(C)C)cc(c1OCCCCCCCCCCCC)C3)C2. The van der Waals surface area contributed by atoms with Crippen molar-refractivity contribution in [1.29, 1.82) is 0 Å². The monoisotopic (exact) mass is 1190 g/mol. The molecule has 482 valence electrons. The third kappa shape index (κ3) is 23.7. The molecule has 6 rings (SSSR count). The number of unbranched alkanes of at least 4 members (excludes halogenated alkanes) is 18. The first kappa shape index (κ1) is 71.0. The molecule has 0 N–H and O–H groups in total. The zero-order valence-corrected chi connectivity index (χ0v) is 57.3. The van der Waals surface area contributed by atoms with E-state index >= 15 is 0 Å². The smallest absolute Gasteiger partial charge is 0.126 e. The molecule has 0 saturated carbocycles. The standard InChI is InChI=1S/C78H122O8/c1-15-17-19-21-23-25-27-29-31-33-35-83-71-59-47-63-55-69(77(9,10)11)57-65-49-61-53-68(76(6,7)8)54-62(72(61)84-36-34-32-30-28-26-24-22-20-18-16-2)50-66-58-70(78(12,13)14)56-64(48-60(71)52-67(51-59)75(3,4)5)74(66)86-46-44-82-42-40-80-38-37-79-39-41-81-43-45-85-73(63)65/h51-58H,15-50H2,1-14H3. The Morgan fingerprint density at radius 3 is 0.721 bits per heavy atom.